The van der Waals surface area contributed by atoms with Crippen molar-refractivity contribution in [3.05, 3.63) is 35.4 Å². The molecule has 126 valence electrons. The van der Waals surface area contributed by atoms with Gasteiger partial charge < -0.3 is 15.4 Å². The monoisotopic (exact) mass is 419 g/mol. The molecule has 0 aliphatic heterocycles. The van der Waals surface area contributed by atoms with Gasteiger partial charge in [-0.3, -0.25) is 0 Å². The van der Waals surface area contributed by atoms with Crippen molar-refractivity contribution in [2.24, 2.45) is 4.99 Å². The highest BCUT2D eigenvalue weighted by atomic mass is 127. The third-order valence-corrected chi connectivity index (χ3v) is 3.49. The van der Waals surface area contributed by atoms with E-state index in [1.54, 1.807) is 7.11 Å². The molecule has 0 amide bonds. The summed E-state index contributed by atoms with van der Waals surface area (Å²) in [6.07, 6.45) is 1.03. The van der Waals surface area contributed by atoms with Gasteiger partial charge in [-0.15, -0.1) is 24.0 Å². The summed E-state index contributed by atoms with van der Waals surface area (Å²) in [4.78, 5) is 4.67. The molecule has 0 atom stereocenters. The highest BCUT2D eigenvalue weighted by Gasteiger charge is 2.16. The molecule has 0 radical (unpaired) electrons. The SMILES string of the molecule is CCNC(=NCc1ccccc1CC)NCC(C)(C)OC.I. The van der Waals surface area contributed by atoms with Crippen LogP contribution in [0.5, 0.6) is 0 Å². The first kappa shape index (κ1) is 21.2. The van der Waals surface area contributed by atoms with E-state index in [0.717, 1.165) is 18.9 Å². The molecular weight excluding hydrogens is 389 g/mol. The van der Waals surface area contributed by atoms with E-state index in [2.05, 4.69) is 67.6 Å². The Kier molecular flexibility index (Phi) is 10.4. The highest BCUT2D eigenvalue weighted by Crippen LogP contribution is 2.10. The summed E-state index contributed by atoms with van der Waals surface area (Å²) >= 11 is 0. The summed E-state index contributed by atoms with van der Waals surface area (Å²) in [5.74, 6) is 0.827. The lowest BCUT2D eigenvalue weighted by Crippen LogP contribution is -2.45. The van der Waals surface area contributed by atoms with Gasteiger partial charge in [0.2, 0.25) is 0 Å². The van der Waals surface area contributed by atoms with Gasteiger partial charge in [0.05, 0.1) is 12.1 Å². The summed E-state index contributed by atoms with van der Waals surface area (Å²) in [6.45, 7) is 10.6. The predicted octanol–water partition coefficient (Wildman–Crippen LogP) is 3.35. The standard InChI is InChI=1S/C17H29N3O.HI/c1-6-14-10-8-9-11-15(14)12-19-16(18-7-2)20-13-17(3,4)21-5;/h8-11H,6-7,12-13H2,1-5H3,(H2,18,19,20);1H. The average molecular weight is 419 g/mol. The zero-order valence-corrected chi connectivity index (χ0v) is 16.7. The summed E-state index contributed by atoms with van der Waals surface area (Å²) < 4.78 is 5.42. The lowest BCUT2D eigenvalue weighted by atomic mass is 10.1. The first-order valence-electron chi connectivity index (χ1n) is 7.66. The molecule has 5 heteroatoms. The number of methoxy groups -OCH3 is 1. The van der Waals surface area contributed by atoms with Crippen molar-refractivity contribution < 1.29 is 4.74 Å². The van der Waals surface area contributed by atoms with Gasteiger partial charge in [0.15, 0.2) is 5.96 Å². The number of aliphatic imine (C=N–C) groups is 1. The zero-order valence-electron chi connectivity index (χ0n) is 14.4. The van der Waals surface area contributed by atoms with Crippen LogP contribution in [0, 0.1) is 0 Å². The molecule has 4 nitrogen and oxygen atoms in total. The van der Waals surface area contributed by atoms with Crippen molar-refractivity contribution in [1.82, 2.24) is 10.6 Å². The number of nitrogens with one attached hydrogen (secondary N) is 2. The minimum atomic E-state index is -0.211. The number of ether oxygens (including phenoxy) is 1. The quantitative estimate of drug-likeness (QED) is 0.405. The Balaban J connectivity index is 0.00000441. The molecule has 0 spiro atoms. The Hall–Kier alpha value is -0.820. The Labute approximate surface area is 152 Å². The summed E-state index contributed by atoms with van der Waals surface area (Å²) in [5, 5.41) is 6.60. The Morgan fingerprint density at radius 1 is 1.14 bits per heavy atom. The second kappa shape index (κ2) is 10.8. The first-order valence-corrected chi connectivity index (χ1v) is 7.66. The van der Waals surface area contributed by atoms with Crippen LogP contribution in [0.1, 0.15) is 38.8 Å². The van der Waals surface area contributed by atoms with E-state index in [1.807, 2.05) is 0 Å². The van der Waals surface area contributed by atoms with Crippen molar-refractivity contribution in [1.29, 1.82) is 0 Å². The van der Waals surface area contributed by atoms with Gasteiger partial charge >= 0.3 is 0 Å². The predicted molar refractivity (Wildman–Crippen MR) is 105 cm³/mol. The van der Waals surface area contributed by atoms with Crippen LogP contribution >= 0.6 is 24.0 Å². The fourth-order valence-corrected chi connectivity index (χ4v) is 1.93. The van der Waals surface area contributed by atoms with Gasteiger partial charge in [0.25, 0.3) is 0 Å². The number of halogens is 1. The van der Waals surface area contributed by atoms with Gasteiger partial charge in [-0.1, -0.05) is 31.2 Å². The molecule has 1 rings (SSSR count). The molecule has 1 aromatic carbocycles. The van der Waals surface area contributed by atoms with E-state index in [1.165, 1.54) is 11.1 Å². The third kappa shape index (κ3) is 7.45. The fourth-order valence-electron chi connectivity index (χ4n) is 1.93. The first-order chi connectivity index (χ1) is 10.0. The molecule has 0 unspecified atom stereocenters. The fraction of sp³-hybridized carbons (Fsp3) is 0.588. The number of hydrogen-bond donors (Lipinski definition) is 2. The molecular formula is C17H30IN3O. The van der Waals surface area contributed by atoms with Crippen molar-refractivity contribution >= 4 is 29.9 Å². The summed E-state index contributed by atoms with van der Waals surface area (Å²) in [5.41, 5.74) is 2.43. The molecule has 0 aliphatic rings. The Morgan fingerprint density at radius 2 is 1.77 bits per heavy atom. The molecule has 0 heterocycles. The highest BCUT2D eigenvalue weighted by molar-refractivity contribution is 14.0. The largest absolute Gasteiger partial charge is 0.377 e. The summed E-state index contributed by atoms with van der Waals surface area (Å²) in [6, 6.07) is 8.46. The van der Waals surface area contributed by atoms with Crippen LogP contribution in [0.2, 0.25) is 0 Å². The number of aryl methyl sites for hydroxylation is 1. The van der Waals surface area contributed by atoms with E-state index in [0.29, 0.717) is 13.1 Å². The van der Waals surface area contributed by atoms with Crippen LogP contribution in [-0.4, -0.2) is 31.8 Å². The minimum absolute atomic E-state index is 0. The summed E-state index contributed by atoms with van der Waals surface area (Å²) in [7, 11) is 1.73. The Bertz CT molecular complexity index is 461. The molecule has 0 aliphatic carbocycles. The number of nitrogens with zero attached hydrogens (tertiary/aromatic N) is 1. The van der Waals surface area contributed by atoms with Gasteiger partial charge in [-0.2, -0.15) is 0 Å². The Morgan fingerprint density at radius 3 is 2.32 bits per heavy atom. The normalized spacial score (nSPS) is 11.8. The van der Waals surface area contributed by atoms with Gasteiger partial charge in [0.1, 0.15) is 0 Å². The van der Waals surface area contributed by atoms with Crippen LogP contribution in [-0.2, 0) is 17.7 Å². The second-order valence-electron chi connectivity index (χ2n) is 5.63. The smallest absolute Gasteiger partial charge is 0.191 e. The topological polar surface area (TPSA) is 45.7 Å². The van der Waals surface area contributed by atoms with Crippen LogP contribution in [0.25, 0.3) is 0 Å². The maximum Gasteiger partial charge on any atom is 0.191 e. The molecule has 0 aromatic heterocycles. The van der Waals surface area contributed by atoms with E-state index >= 15 is 0 Å². The van der Waals surface area contributed by atoms with E-state index in [9.17, 15) is 0 Å². The molecule has 0 fully saturated rings. The van der Waals surface area contributed by atoms with Crippen molar-refractivity contribution in [2.45, 2.75) is 46.3 Å². The average Bonchev–Trinajstić information content (AvgIpc) is 2.50. The van der Waals surface area contributed by atoms with Crippen LogP contribution < -0.4 is 10.6 Å². The van der Waals surface area contributed by atoms with Gasteiger partial charge in [0, 0.05) is 20.2 Å². The van der Waals surface area contributed by atoms with Crippen LogP contribution in [0.4, 0.5) is 0 Å². The van der Waals surface area contributed by atoms with Gasteiger partial charge in [-0.25, -0.2) is 4.99 Å². The molecule has 1 aromatic rings. The molecule has 2 N–H and O–H groups in total. The van der Waals surface area contributed by atoms with Crippen molar-refractivity contribution in [2.75, 3.05) is 20.2 Å². The lowest BCUT2D eigenvalue weighted by molar-refractivity contribution is 0.0268. The molecule has 0 saturated heterocycles. The van der Waals surface area contributed by atoms with E-state index in [4.69, 9.17) is 4.74 Å². The molecule has 22 heavy (non-hydrogen) atoms. The lowest BCUT2D eigenvalue weighted by Gasteiger charge is -2.24. The van der Waals surface area contributed by atoms with E-state index < -0.39 is 0 Å². The van der Waals surface area contributed by atoms with Crippen molar-refractivity contribution in [3.8, 4) is 0 Å². The zero-order chi connectivity index (χ0) is 15.7. The second-order valence-corrected chi connectivity index (χ2v) is 5.63. The van der Waals surface area contributed by atoms with Gasteiger partial charge in [-0.05, 0) is 38.3 Å². The number of benzene rings is 1. The number of rotatable bonds is 7. The van der Waals surface area contributed by atoms with Crippen LogP contribution in [0.3, 0.4) is 0 Å². The number of guanidine groups is 1. The maximum absolute atomic E-state index is 5.42. The molecule has 0 saturated carbocycles. The number of hydrogen-bond acceptors (Lipinski definition) is 2. The van der Waals surface area contributed by atoms with E-state index in [-0.39, 0.29) is 29.6 Å². The third-order valence-electron chi connectivity index (χ3n) is 3.49. The maximum atomic E-state index is 5.42. The van der Waals surface area contributed by atoms with Crippen LogP contribution in [0.15, 0.2) is 29.3 Å². The molecule has 0 bridgehead atoms. The van der Waals surface area contributed by atoms with Crippen molar-refractivity contribution in [3.63, 3.8) is 0 Å². The minimum Gasteiger partial charge on any atom is -0.377 e.